The largest absolute Gasteiger partial charge is 0.550 e. The zero-order chi connectivity index (χ0) is 25.0. The van der Waals surface area contributed by atoms with Crippen LogP contribution in [-0.4, -0.2) is 5.97 Å². The van der Waals surface area contributed by atoms with Gasteiger partial charge in [0.25, 0.3) is 0 Å². The summed E-state index contributed by atoms with van der Waals surface area (Å²) in [6.07, 6.45) is 0.111. The molecule has 0 radical (unpaired) electrons. The molecule has 0 saturated heterocycles. The van der Waals surface area contributed by atoms with Gasteiger partial charge >= 0.3 is 0 Å². The number of carboxylic acid groups (broad SMARTS) is 1. The quantitative estimate of drug-likeness (QED) is 0.405. The molecule has 0 saturated carbocycles. The van der Waals surface area contributed by atoms with Crippen LogP contribution >= 0.6 is 0 Å². The highest BCUT2D eigenvalue weighted by Crippen LogP contribution is 2.41. The molecule has 0 aromatic heterocycles. The molecule has 3 heteroatoms. The van der Waals surface area contributed by atoms with Crippen molar-refractivity contribution < 1.29 is 9.90 Å². The van der Waals surface area contributed by atoms with Crippen molar-refractivity contribution in [2.24, 2.45) is 0 Å². The van der Waals surface area contributed by atoms with Gasteiger partial charge in [0, 0.05) is 39.4 Å². The average molecular weight is 463 g/mol. The van der Waals surface area contributed by atoms with Gasteiger partial charge in [-0.25, -0.2) is 0 Å². The normalized spacial score (nSPS) is 10.8. The Bertz CT molecular complexity index is 968. The molecule has 0 fully saturated rings. The third kappa shape index (κ3) is 6.29. The van der Waals surface area contributed by atoms with Gasteiger partial charge in [-0.1, -0.05) is 60.0 Å². The van der Waals surface area contributed by atoms with Crippen LogP contribution in [0, 0.1) is 62.3 Å². The first-order valence-corrected chi connectivity index (χ1v) is 12.8. The number of aliphatic carboxylic acids is 1. The second kappa shape index (κ2) is 11.1. The van der Waals surface area contributed by atoms with Crippen molar-refractivity contribution in [3.05, 3.63) is 86.5 Å². The maximum atomic E-state index is 9.26. The van der Waals surface area contributed by atoms with E-state index in [-0.39, 0.29) is 17.3 Å². The average Bonchev–Trinajstić information content (AvgIpc) is 2.65. The van der Waals surface area contributed by atoms with Gasteiger partial charge in [0.15, 0.2) is 14.7 Å². The van der Waals surface area contributed by atoms with Crippen LogP contribution in [0.3, 0.4) is 0 Å². The molecule has 0 heterocycles. The third-order valence-corrected chi connectivity index (χ3v) is 8.87. The lowest BCUT2D eigenvalue weighted by molar-refractivity contribution is -0.305. The van der Waals surface area contributed by atoms with E-state index in [1.807, 2.05) is 0 Å². The summed E-state index contributed by atoms with van der Waals surface area (Å²) in [7, 11) is -0.109. The first kappa shape index (κ1) is 26.7. The number of aryl methyl sites for hydroxylation is 9. The fourth-order valence-electron chi connectivity index (χ4n) is 4.77. The number of benzene rings is 3. The van der Waals surface area contributed by atoms with Crippen LogP contribution in [0.4, 0.5) is 0 Å². The van der Waals surface area contributed by atoms with E-state index < -0.39 is 5.97 Å². The maximum Gasteiger partial charge on any atom is 0.172 e. The van der Waals surface area contributed by atoms with Crippen molar-refractivity contribution in [1.29, 1.82) is 0 Å². The van der Waals surface area contributed by atoms with Crippen molar-refractivity contribution in [1.82, 2.24) is 0 Å². The fourth-order valence-corrected chi connectivity index (χ4v) is 7.67. The molecule has 0 unspecified atom stereocenters. The highest BCUT2D eigenvalue weighted by atomic mass is 32.2. The number of hydrogen-bond donors (Lipinski definition) is 0. The molecular formula is C30H38O2S. The molecular weight excluding hydrogens is 424 g/mol. The molecule has 33 heavy (non-hydrogen) atoms. The summed E-state index contributed by atoms with van der Waals surface area (Å²) >= 11 is 0. The molecule has 3 aromatic rings. The van der Waals surface area contributed by atoms with Crippen LogP contribution in [0.2, 0.25) is 0 Å². The first-order valence-electron chi connectivity index (χ1n) is 11.5. The monoisotopic (exact) mass is 462 g/mol. The molecule has 0 atom stereocenters. The van der Waals surface area contributed by atoms with Gasteiger partial charge in [0.2, 0.25) is 0 Å². The van der Waals surface area contributed by atoms with Gasteiger partial charge in [0.1, 0.15) is 10.9 Å². The summed E-state index contributed by atoms with van der Waals surface area (Å²) in [5, 5.41) is 9.26. The van der Waals surface area contributed by atoms with Crippen molar-refractivity contribution >= 4 is 16.9 Å². The predicted molar refractivity (Wildman–Crippen MR) is 139 cm³/mol. The standard InChI is InChI=1S/C27H33S.C3H6O2/c1-16-10-19(4)25(20(5)11-16)28(26-21(6)12-17(2)13-22(26)7)27-23(8)14-18(3)15-24(27)9;1-2-3(4)5/h10-15H,1-9H3;2H2,1H3,(H,4,5)/q+1;/p-1. The molecule has 0 spiro atoms. The van der Waals surface area contributed by atoms with Crippen LogP contribution in [-0.2, 0) is 15.7 Å². The Morgan fingerprint density at radius 1 is 0.576 bits per heavy atom. The molecule has 0 bridgehead atoms. The number of carbonyl (C=O) groups is 1. The Labute approximate surface area is 203 Å². The van der Waals surface area contributed by atoms with E-state index in [2.05, 4.69) is 98.7 Å². The van der Waals surface area contributed by atoms with Gasteiger partial charge in [-0.2, -0.15) is 0 Å². The lowest BCUT2D eigenvalue weighted by Gasteiger charge is -2.20. The van der Waals surface area contributed by atoms with Crippen molar-refractivity contribution in [2.45, 2.75) is 90.3 Å². The van der Waals surface area contributed by atoms with Crippen molar-refractivity contribution in [3.63, 3.8) is 0 Å². The smallest absolute Gasteiger partial charge is 0.172 e. The lowest BCUT2D eigenvalue weighted by atomic mass is 10.1. The topological polar surface area (TPSA) is 40.1 Å². The predicted octanol–water partition coefficient (Wildman–Crippen LogP) is 6.70. The minimum atomic E-state index is -0.995. The van der Waals surface area contributed by atoms with Gasteiger partial charge in [-0.3, -0.25) is 0 Å². The zero-order valence-electron chi connectivity index (χ0n) is 21.9. The Hall–Kier alpha value is -2.52. The number of carbonyl (C=O) groups excluding carboxylic acids is 1. The molecule has 3 rings (SSSR count). The van der Waals surface area contributed by atoms with Crippen molar-refractivity contribution in [3.8, 4) is 0 Å². The lowest BCUT2D eigenvalue weighted by Crippen LogP contribution is -2.19. The van der Waals surface area contributed by atoms with E-state index in [1.165, 1.54) is 71.7 Å². The number of rotatable bonds is 4. The second-order valence-corrected chi connectivity index (χ2v) is 11.1. The van der Waals surface area contributed by atoms with Gasteiger partial charge in [0.05, 0.1) is 0 Å². The Morgan fingerprint density at radius 2 is 0.758 bits per heavy atom. The summed E-state index contributed by atoms with van der Waals surface area (Å²) in [4.78, 5) is 13.7. The number of hydrogen-bond acceptors (Lipinski definition) is 2. The highest BCUT2D eigenvalue weighted by Gasteiger charge is 2.37. The summed E-state index contributed by atoms with van der Waals surface area (Å²) in [5.74, 6) is -0.995. The highest BCUT2D eigenvalue weighted by molar-refractivity contribution is 7.97. The fraction of sp³-hybridized carbons (Fsp3) is 0.367. The summed E-state index contributed by atoms with van der Waals surface area (Å²) in [6.45, 7) is 21.8. The van der Waals surface area contributed by atoms with Gasteiger partial charge in [-0.15, -0.1) is 0 Å². The van der Waals surface area contributed by atoms with E-state index in [9.17, 15) is 9.90 Å². The first-order chi connectivity index (χ1) is 15.4. The second-order valence-electron chi connectivity index (χ2n) is 9.22. The van der Waals surface area contributed by atoms with E-state index in [1.54, 1.807) is 0 Å². The van der Waals surface area contributed by atoms with Crippen LogP contribution in [0.5, 0.6) is 0 Å². The molecule has 3 aromatic carbocycles. The number of carboxylic acids is 1. The van der Waals surface area contributed by atoms with E-state index in [0.717, 1.165) is 0 Å². The molecule has 0 N–H and O–H groups in total. The Kier molecular flexibility index (Phi) is 8.97. The summed E-state index contributed by atoms with van der Waals surface area (Å²) < 4.78 is 0. The molecule has 0 aliphatic heterocycles. The van der Waals surface area contributed by atoms with E-state index in [4.69, 9.17) is 0 Å². The molecule has 0 aliphatic carbocycles. The summed E-state index contributed by atoms with van der Waals surface area (Å²) in [5.41, 5.74) is 12.4. The molecule has 2 nitrogen and oxygen atoms in total. The molecule has 176 valence electrons. The van der Waals surface area contributed by atoms with Gasteiger partial charge in [-0.05, 0) is 68.7 Å². The summed E-state index contributed by atoms with van der Waals surface area (Å²) in [6, 6.07) is 14.1. The third-order valence-electron chi connectivity index (χ3n) is 5.72. The van der Waals surface area contributed by atoms with E-state index in [0.29, 0.717) is 0 Å². The van der Waals surface area contributed by atoms with Crippen LogP contribution in [0.1, 0.15) is 63.4 Å². The Morgan fingerprint density at radius 3 is 0.909 bits per heavy atom. The van der Waals surface area contributed by atoms with Gasteiger partial charge < -0.3 is 9.90 Å². The molecule has 0 amide bonds. The van der Waals surface area contributed by atoms with E-state index >= 15 is 0 Å². The van der Waals surface area contributed by atoms with Crippen LogP contribution in [0.25, 0.3) is 0 Å². The van der Waals surface area contributed by atoms with Crippen molar-refractivity contribution in [2.75, 3.05) is 0 Å². The Balaban J connectivity index is 0.000000696. The minimum absolute atomic E-state index is 0.109. The SMILES string of the molecule is CCC(=O)[O-].Cc1cc(C)c([S+](c2c(C)cc(C)cc2C)c2c(C)cc(C)cc2C)c(C)c1. The minimum Gasteiger partial charge on any atom is -0.550 e. The zero-order valence-corrected chi connectivity index (χ0v) is 22.7. The maximum absolute atomic E-state index is 9.26. The van der Waals surface area contributed by atoms with Crippen LogP contribution in [0.15, 0.2) is 51.1 Å². The molecule has 0 aliphatic rings. The van der Waals surface area contributed by atoms with Crippen LogP contribution < -0.4 is 5.11 Å².